The van der Waals surface area contributed by atoms with Crippen LogP contribution in [-0.4, -0.2) is 18.4 Å². The van der Waals surface area contributed by atoms with Crippen LogP contribution in [0.2, 0.25) is 5.02 Å². The average molecular weight is 347 g/mol. The Balaban J connectivity index is 2.14. The van der Waals surface area contributed by atoms with Gasteiger partial charge in [0.2, 0.25) is 0 Å². The number of unbranched alkanes of at least 4 members (excludes halogenated alkanes) is 1. The Labute approximate surface area is 145 Å². The van der Waals surface area contributed by atoms with Gasteiger partial charge in [-0.1, -0.05) is 24.9 Å². The third-order valence-corrected chi connectivity index (χ3v) is 3.50. The number of hydrogen-bond donors (Lipinski definition) is 2. The summed E-state index contributed by atoms with van der Waals surface area (Å²) in [5.74, 6) is -0.274. The van der Waals surface area contributed by atoms with Crippen LogP contribution in [0, 0.1) is 0 Å². The van der Waals surface area contributed by atoms with Gasteiger partial charge >= 0.3 is 0 Å². The van der Waals surface area contributed by atoms with E-state index in [1.54, 1.807) is 36.4 Å². The molecule has 0 saturated heterocycles. The highest BCUT2D eigenvalue weighted by Gasteiger charge is 2.15. The smallest absolute Gasteiger partial charge is 0.267 e. The zero-order valence-electron chi connectivity index (χ0n) is 13.3. The van der Waals surface area contributed by atoms with Crippen LogP contribution in [0.1, 0.15) is 35.9 Å². The van der Waals surface area contributed by atoms with Crippen molar-refractivity contribution in [2.45, 2.75) is 19.8 Å². The van der Waals surface area contributed by atoms with Crippen LogP contribution in [0.4, 0.5) is 0 Å². The first-order valence-corrected chi connectivity index (χ1v) is 8.08. The number of amides is 2. The molecular weight excluding hydrogens is 328 g/mol. The molecule has 1 aromatic carbocycles. The van der Waals surface area contributed by atoms with Crippen LogP contribution in [0.25, 0.3) is 6.08 Å². The standard InChI is InChI=1S/C18H19ClN2O3/c1-2-3-10-20-18(23)16(12-15-5-4-11-24-15)21-17(22)13-6-8-14(19)9-7-13/h4-9,11-12H,2-3,10H2,1H3,(H,20,23)(H,21,22). The summed E-state index contributed by atoms with van der Waals surface area (Å²) in [6.07, 6.45) is 4.83. The minimum atomic E-state index is -0.393. The summed E-state index contributed by atoms with van der Waals surface area (Å²) in [5.41, 5.74) is 0.534. The largest absolute Gasteiger partial charge is 0.465 e. The maximum Gasteiger partial charge on any atom is 0.267 e. The summed E-state index contributed by atoms with van der Waals surface area (Å²) in [7, 11) is 0. The van der Waals surface area contributed by atoms with Crippen molar-refractivity contribution in [3.8, 4) is 0 Å². The normalized spacial score (nSPS) is 11.2. The van der Waals surface area contributed by atoms with Gasteiger partial charge in [-0.3, -0.25) is 9.59 Å². The fraction of sp³-hybridized carbons (Fsp3) is 0.222. The lowest BCUT2D eigenvalue weighted by molar-refractivity contribution is -0.117. The number of carbonyl (C=O) groups is 2. The Kier molecular flexibility index (Phi) is 6.63. The molecule has 0 aliphatic carbocycles. The number of hydrogen-bond acceptors (Lipinski definition) is 3. The van der Waals surface area contributed by atoms with Crippen LogP contribution >= 0.6 is 11.6 Å². The molecule has 0 aliphatic rings. The van der Waals surface area contributed by atoms with Crippen LogP contribution in [-0.2, 0) is 4.79 Å². The van der Waals surface area contributed by atoms with Gasteiger partial charge in [-0.05, 0) is 42.8 Å². The maximum absolute atomic E-state index is 12.3. The second-order valence-corrected chi connectivity index (χ2v) is 5.58. The molecule has 5 nitrogen and oxygen atoms in total. The lowest BCUT2D eigenvalue weighted by Crippen LogP contribution is -2.35. The molecule has 24 heavy (non-hydrogen) atoms. The van der Waals surface area contributed by atoms with E-state index in [1.807, 2.05) is 6.92 Å². The highest BCUT2D eigenvalue weighted by atomic mass is 35.5. The Hall–Kier alpha value is -2.53. The molecule has 0 spiro atoms. The third-order valence-electron chi connectivity index (χ3n) is 3.24. The van der Waals surface area contributed by atoms with Gasteiger partial charge in [0.25, 0.3) is 11.8 Å². The number of benzene rings is 1. The quantitative estimate of drug-likeness (QED) is 0.594. The monoisotopic (exact) mass is 346 g/mol. The number of halogens is 1. The van der Waals surface area contributed by atoms with Crippen LogP contribution in [0.5, 0.6) is 0 Å². The molecule has 0 aliphatic heterocycles. The van der Waals surface area contributed by atoms with Crippen molar-refractivity contribution in [1.82, 2.24) is 10.6 Å². The van der Waals surface area contributed by atoms with Gasteiger partial charge in [0.15, 0.2) is 0 Å². The summed E-state index contributed by atoms with van der Waals surface area (Å²) in [5, 5.41) is 5.94. The summed E-state index contributed by atoms with van der Waals surface area (Å²) in [6, 6.07) is 9.84. The zero-order chi connectivity index (χ0) is 17.4. The van der Waals surface area contributed by atoms with Gasteiger partial charge in [0.05, 0.1) is 6.26 Å². The van der Waals surface area contributed by atoms with Gasteiger partial charge < -0.3 is 15.1 Å². The molecule has 1 aromatic heterocycles. The van der Waals surface area contributed by atoms with Crippen LogP contribution in [0.3, 0.4) is 0 Å². The number of rotatable bonds is 7. The Morgan fingerprint density at radius 2 is 1.96 bits per heavy atom. The minimum Gasteiger partial charge on any atom is -0.465 e. The predicted molar refractivity (Wildman–Crippen MR) is 93.5 cm³/mol. The van der Waals surface area contributed by atoms with E-state index in [1.165, 1.54) is 12.3 Å². The zero-order valence-corrected chi connectivity index (χ0v) is 14.1. The third kappa shape index (κ3) is 5.28. The minimum absolute atomic E-state index is 0.126. The highest BCUT2D eigenvalue weighted by Crippen LogP contribution is 2.11. The molecule has 2 rings (SSSR count). The molecule has 0 fully saturated rings. The highest BCUT2D eigenvalue weighted by molar-refractivity contribution is 6.30. The lowest BCUT2D eigenvalue weighted by atomic mass is 10.2. The van der Waals surface area contributed by atoms with E-state index >= 15 is 0 Å². The van der Waals surface area contributed by atoms with E-state index in [4.69, 9.17) is 16.0 Å². The van der Waals surface area contributed by atoms with E-state index in [-0.39, 0.29) is 11.6 Å². The SMILES string of the molecule is CCCCNC(=O)C(=Cc1ccco1)NC(=O)c1ccc(Cl)cc1. The summed E-state index contributed by atoms with van der Waals surface area (Å²) < 4.78 is 5.22. The van der Waals surface area contributed by atoms with Crippen LogP contribution < -0.4 is 10.6 Å². The molecule has 6 heteroatoms. The molecule has 2 amide bonds. The van der Waals surface area contributed by atoms with Crippen LogP contribution in [0.15, 0.2) is 52.8 Å². The molecule has 1 heterocycles. The number of carbonyl (C=O) groups excluding carboxylic acids is 2. The van der Waals surface area contributed by atoms with Crippen molar-refractivity contribution in [1.29, 1.82) is 0 Å². The Bertz CT molecular complexity index is 706. The van der Waals surface area contributed by atoms with Gasteiger partial charge in [-0.2, -0.15) is 0 Å². The van der Waals surface area contributed by atoms with Crippen molar-refractivity contribution >= 4 is 29.5 Å². The topological polar surface area (TPSA) is 71.3 Å². The van der Waals surface area contributed by atoms with Gasteiger partial charge in [-0.25, -0.2) is 0 Å². The molecule has 0 bridgehead atoms. The number of nitrogens with one attached hydrogen (secondary N) is 2. The Morgan fingerprint density at radius 3 is 2.58 bits per heavy atom. The van der Waals surface area contributed by atoms with Gasteiger partial charge in [-0.15, -0.1) is 0 Å². The van der Waals surface area contributed by atoms with Crippen molar-refractivity contribution in [3.63, 3.8) is 0 Å². The first kappa shape index (κ1) is 17.8. The van der Waals surface area contributed by atoms with Crippen molar-refractivity contribution in [2.75, 3.05) is 6.54 Å². The van der Waals surface area contributed by atoms with Crippen molar-refractivity contribution in [3.05, 3.63) is 64.7 Å². The fourth-order valence-electron chi connectivity index (χ4n) is 1.94. The molecule has 126 valence electrons. The van der Waals surface area contributed by atoms with E-state index in [2.05, 4.69) is 10.6 Å². The fourth-order valence-corrected chi connectivity index (χ4v) is 2.07. The first-order chi connectivity index (χ1) is 11.6. The summed E-state index contributed by atoms with van der Waals surface area (Å²) in [4.78, 5) is 24.6. The molecule has 0 atom stereocenters. The van der Waals surface area contributed by atoms with Crippen molar-refractivity contribution in [2.24, 2.45) is 0 Å². The molecule has 0 radical (unpaired) electrons. The van der Waals surface area contributed by atoms with E-state index in [9.17, 15) is 9.59 Å². The van der Waals surface area contributed by atoms with E-state index in [0.717, 1.165) is 12.8 Å². The van der Waals surface area contributed by atoms with E-state index in [0.29, 0.717) is 22.9 Å². The molecule has 2 aromatic rings. The van der Waals surface area contributed by atoms with Gasteiger partial charge in [0, 0.05) is 23.2 Å². The van der Waals surface area contributed by atoms with E-state index < -0.39 is 5.91 Å². The second kappa shape index (κ2) is 8.93. The molecule has 2 N–H and O–H groups in total. The Morgan fingerprint density at radius 1 is 1.21 bits per heavy atom. The molecular formula is C18H19ClN2O3. The predicted octanol–water partition coefficient (Wildman–Crippen LogP) is 3.62. The van der Waals surface area contributed by atoms with Crippen molar-refractivity contribution < 1.29 is 14.0 Å². The first-order valence-electron chi connectivity index (χ1n) is 7.70. The van der Waals surface area contributed by atoms with Gasteiger partial charge in [0.1, 0.15) is 11.5 Å². The second-order valence-electron chi connectivity index (χ2n) is 5.14. The summed E-state index contributed by atoms with van der Waals surface area (Å²) in [6.45, 7) is 2.58. The molecule has 0 unspecified atom stereocenters. The number of furan rings is 1. The summed E-state index contributed by atoms with van der Waals surface area (Å²) >= 11 is 5.82. The molecule has 0 saturated carbocycles. The lowest BCUT2D eigenvalue weighted by Gasteiger charge is -2.10. The average Bonchev–Trinajstić information content (AvgIpc) is 3.08. The maximum atomic E-state index is 12.3.